The molecule has 23 heavy (non-hydrogen) atoms. The Morgan fingerprint density at radius 2 is 1.91 bits per heavy atom. The lowest BCUT2D eigenvalue weighted by Gasteiger charge is -2.43. The molecule has 1 saturated heterocycles. The molecule has 6 nitrogen and oxygen atoms in total. The van der Waals surface area contributed by atoms with Crippen LogP contribution in [-0.4, -0.2) is 51.6 Å². The third-order valence-electron chi connectivity index (χ3n) is 5.06. The van der Waals surface area contributed by atoms with Crippen molar-refractivity contribution in [2.75, 3.05) is 25.4 Å². The number of tetrazole rings is 1. The van der Waals surface area contributed by atoms with Crippen molar-refractivity contribution >= 4 is 36.6 Å². The van der Waals surface area contributed by atoms with E-state index in [1.54, 1.807) is 16.4 Å². The Morgan fingerprint density at radius 3 is 2.52 bits per heavy atom. The van der Waals surface area contributed by atoms with Crippen LogP contribution in [0, 0.1) is 5.41 Å². The van der Waals surface area contributed by atoms with Gasteiger partial charge in [0.1, 0.15) is 0 Å². The lowest BCUT2D eigenvalue weighted by Crippen LogP contribution is -2.43. The lowest BCUT2D eigenvalue weighted by atomic mass is 9.67. The molecule has 1 aliphatic heterocycles. The second kappa shape index (κ2) is 10.0. The summed E-state index contributed by atoms with van der Waals surface area (Å²) in [6.45, 7) is 3.48. The number of aryl methyl sites for hydroxylation is 1. The largest absolute Gasteiger partial charge is 0.317 e. The van der Waals surface area contributed by atoms with E-state index < -0.39 is 0 Å². The molecule has 0 radical (unpaired) electrons. The number of nitrogens with zero attached hydrogens (tertiary/aromatic N) is 4. The van der Waals surface area contributed by atoms with Gasteiger partial charge in [0.05, 0.1) is 0 Å². The number of nitrogens with one attached hydrogen (secondary N) is 2. The van der Waals surface area contributed by atoms with Gasteiger partial charge in [-0.25, -0.2) is 4.68 Å². The molecule has 0 amide bonds. The summed E-state index contributed by atoms with van der Waals surface area (Å²) < 4.78 is 1.73. The van der Waals surface area contributed by atoms with Gasteiger partial charge in [0.25, 0.3) is 0 Å². The lowest BCUT2D eigenvalue weighted by molar-refractivity contribution is 0.116. The normalized spacial score (nSPS) is 20.7. The fraction of sp³-hybridized carbons (Fsp3) is 0.929. The standard InChI is InChI=1S/C14H26N6S.2ClH/c1-20-13(17-18-19-20)21-11-10-16-12-2-4-14(5-3-12)6-8-15-9-7-14;;/h12,15-16H,2-11H2,1H3;2*1H. The van der Waals surface area contributed by atoms with Crippen LogP contribution in [0.4, 0.5) is 0 Å². The van der Waals surface area contributed by atoms with Crippen LogP contribution < -0.4 is 10.6 Å². The van der Waals surface area contributed by atoms with Gasteiger partial charge in [-0.3, -0.25) is 0 Å². The van der Waals surface area contributed by atoms with Crippen LogP contribution >= 0.6 is 36.6 Å². The third-order valence-corrected chi connectivity index (χ3v) is 6.07. The molecule has 1 aromatic rings. The van der Waals surface area contributed by atoms with Gasteiger partial charge in [0, 0.05) is 25.4 Å². The number of aromatic nitrogens is 4. The van der Waals surface area contributed by atoms with Crippen molar-refractivity contribution in [1.29, 1.82) is 0 Å². The van der Waals surface area contributed by atoms with E-state index >= 15 is 0 Å². The van der Waals surface area contributed by atoms with Crippen LogP contribution in [-0.2, 0) is 7.05 Å². The SMILES string of the molecule is Cl.Cl.Cn1nnnc1SCCNC1CCC2(CCNCC2)CC1. The smallest absolute Gasteiger partial charge is 0.209 e. The van der Waals surface area contributed by atoms with Gasteiger partial charge in [-0.2, -0.15) is 0 Å². The van der Waals surface area contributed by atoms with Crippen molar-refractivity contribution in [3.05, 3.63) is 0 Å². The minimum Gasteiger partial charge on any atom is -0.317 e. The maximum Gasteiger partial charge on any atom is 0.209 e. The van der Waals surface area contributed by atoms with Gasteiger partial charge in [0.2, 0.25) is 5.16 Å². The Balaban J connectivity index is 0.00000132. The first-order chi connectivity index (χ1) is 10.3. The van der Waals surface area contributed by atoms with E-state index in [1.807, 2.05) is 7.05 Å². The molecule has 2 heterocycles. The maximum absolute atomic E-state index is 3.99. The van der Waals surface area contributed by atoms with Crippen molar-refractivity contribution in [3.63, 3.8) is 0 Å². The number of thioether (sulfide) groups is 1. The van der Waals surface area contributed by atoms with Gasteiger partial charge in [-0.15, -0.1) is 29.9 Å². The van der Waals surface area contributed by atoms with Crippen molar-refractivity contribution in [2.45, 2.75) is 49.7 Å². The molecule has 0 atom stereocenters. The Labute approximate surface area is 155 Å². The minimum absolute atomic E-state index is 0. The Hall–Kier alpha value is -0.0800. The predicted molar refractivity (Wildman–Crippen MR) is 98.8 cm³/mol. The van der Waals surface area contributed by atoms with E-state index in [1.165, 1.54) is 51.6 Å². The van der Waals surface area contributed by atoms with Crippen LogP contribution in [0.5, 0.6) is 0 Å². The summed E-state index contributed by atoms with van der Waals surface area (Å²) in [5, 5.41) is 19.6. The first-order valence-corrected chi connectivity index (χ1v) is 9.05. The van der Waals surface area contributed by atoms with Crippen molar-refractivity contribution in [2.24, 2.45) is 12.5 Å². The zero-order valence-corrected chi connectivity index (χ0v) is 16.1. The molecular weight excluding hydrogens is 355 g/mol. The topological polar surface area (TPSA) is 67.7 Å². The van der Waals surface area contributed by atoms with E-state index in [4.69, 9.17) is 0 Å². The molecule has 134 valence electrons. The van der Waals surface area contributed by atoms with E-state index in [0.717, 1.165) is 17.5 Å². The van der Waals surface area contributed by atoms with Gasteiger partial charge < -0.3 is 10.6 Å². The Bertz CT molecular complexity index is 442. The minimum atomic E-state index is 0. The van der Waals surface area contributed by atoms with E-state index in [2.05, 4.69) is 26.2 Å². The molecular formula is C14H28Cl2N6S. The molecule has 2 fully saturated rings. The van der Waals surface area contributed by atoms with Crippen molar-refractivity contribution in [1.82, 2.24) is 30.8 Å². The first kappa shape index (κ1) is 21.0. The highest BCUT2D eigenvalue weighted by atomic mass is 35.5. The second-order valence-electron chi connectivity index (χ2n) is 6.41. The summed E-state index contributed by atoms with van der Waals surface area (Å²) in [5.74, 6) is 1.03. The third kappa shape index (κ3) is 5.74. The summed E-state index contributed by atoms with van der Waals surface area (Å²) in [6.07, 6.45) is 8.27. The number of hydrogen-bond acceptors (Lipinski definition) is 6. The summed E-state index contributed by atoms with van der Waals surface area (Å²) in [4.78, 5) is 0. The number of hydrogen-bond donors (Lipinski definition) is 2. The molecule has 1 aromatic heterocycles. The molecule has 1 aliphatic carbocycles. The van der Waals surface area contributed by atoms with Crippen molar-refractivity contribution < 1.29 is 0 Å². The van der Waals surface area contributed by atoms with E-state index in [0.29, 0.717) is 11.5 Å². The van der Waals surface area contributed by atoms with Crippen LogP contribution in [0.3, 0.4) is 0 Å². The van der Waals surface area contributed by atoms with Crippen molar-refractivity contribution in [3.8, 4) is 0 Å². The van der Waals surface area contributed by atoms with Crippen LogP contribution in [0.2, 0.25) is 0 Å². The molecule has 3 rings (SSSR count). The number of piperidine rings is 1. The van der Waals surface area contributed by atoms with E-state index in [9.17, 15) is 0 Å². The van der Waals surface area contributed by atoms with Gasteiger partial charge in [0.15, 0.2) is 0 Å². The van der Waals surface area contributed by atoms with Crippen LogP contribution in [0.1, 0.15) is 38.5 Å². The molecule has 2 aliphatic rings. The number of halogens is 2. The molecule has 0 bridgehead atoms. The van der Waals surface area contributed by atoms with Crippen LogP contribution in [0.15, 0.2) is 5.16 Å². The average molecular weight is 383 g/mol. The quantitative estimate of drug-likeness (QED) is 0.599. The van der Waals surface area contributed by atoms with E-state index in [-0.39, 0.29) is 24.8 Å². The second-order valence-corrected chi connectivity index (χ2v) is 7.47. The summed E-state index contributed by atoms with van der Waals surface area (Å²) in [5.41, 5.74) is 0.669. The average Bonchev–Trinajstić information content (AvgIpc) is 2.92. The highest BCUT2D eigenvalue weighted by Crippen LogP contribution is 2.43. The fourth-order valence-corrected chi connectivity index (χ4v) is 4.36. The zero-order chi connectivity index (χ0) is 14.5. The summed E-state index contributed by atoms with van der Waals surface area (Å²) in [7, 11) is 1.88. The summed E-state index contributed by atoms with van der Waals surface area (Å²) in [6, 6.07) is 0.712. The number of rotatable bonds is 5. The maximum atomic E-state index is 3.99. The van der Waals surface area contributed by atoms with Gasteiger partial charge >= 0.3 is 0 Å². The fourth-order valence-electron chi connectivity index (χ4n) is 3.64. The molecule has 2 N–H and O–H groups in total. The zero-order valence-electron chi connectivity index (χ0n) is 13.7. The summed E-state index contributed by atoms with van der Waals surface area (Å²) >= 11 is 1.72. The highest BCUT2D eigenvalue weighted by molar-refractivity contribution is 7.99. The van der Waals surface area contributed by atoms with Gasteiger partial charge in [-0.1, -0.05) is 11.8 Å². The molecule has 1 spiro atoms. The molecule has 9 heteroatoms. The molecule has 1 saturated carbocycles. The Kier molecular flexibility index (Phi) is 9.15. The highest BCUT2D eigenvalue weighted by Gasteiger charge is 2.35. The first-order valence-electron chi connectivity index (χ1n) is 8.07. The van der Waals surface area contributed by atoms with Crippen LogP contribution in [0.25, 0.3) is 0 Å². The monoisotopic (exact) mass is 382 g/mol. The van der Waals surface area contributed by atoms with Gasteiger partial charge in [-0.05, 0) is 67.5 Å². The molecule has 0 unspecified atom stereocenters. The molecule has 0 aromatic carbocycles. The Morgan fingerprint density at radius 1 is 1.22 bits per heavy atom. The predicted octanol–water partition coefficient (Wildman–Crippen LogP) is 2.05.